The highest BCUT2D eigenvalue weighted by molar-refractivity contribution is 5.81. The maximum atomic E-state index is 11.9. The third kappa shape index (κ3) is 2.65. The van der Waals surface area contributed by atoms with Crippen molar-refractivity contribution in [1.82, 2.24) is 4.90 Å². The van der Waals surface area contributed by atoms with E-state index in [0.29, 0.717) is 17.7 Å². The molecule has 0 radical (unpaired) electrons. The molecule has 3 atom stereocenters. The molecule has 3 unspecified atom stereocenters. The van der Waals surface area contributed by atoms with Gasteiger partial charge in [-0.25, -0.2) is 0 Å². The zero-order valence-corrected chi connectivity index (χ0v) is 10.7. The first-order valence-corrected chi connectivity index (χ1v) is 6.97. The van der Waals surface area contributed by atoms with Crippen LogP contribution in [0.5, 0.6) is 0 Å². The Labute approximate surface area is 99.4 Å². The van der Waals surface area contributed by atoms with Crippen LogP contribution in [0.4, 0.5) is 0 Å². The Balaban J connectivity index is 1.89. The molecule has 16 heavy (non-hydrogen) atoms. The average molecular weight is 223 g/mol. The van der Waals surface area contributed by atoms with Crippen molar-refractivity contribution >= 4 is 5.78 Å². The molecule has 2 aliphatic rings. The number of rotatable bonds is 3. The summed E-state index contributed by atoms with van der Waals surface area (Å²) in [7, 11) is 0. The Bertz CT molecular complexity index is 251. The molecule has 0 bridgehead atoms. The molecule has 2 fully saturated rings. The summed E-state index contributed by atoms with van der Waals surface area (Å²) in [6.45, 7) is 6.81. The lowest BCUT2D eigenvalue weighted by Crippen LogP contribution is -2.38. The number of Topliss-reactive ketones (excluding diaryl/α,β-unsaturated/α-hetero) is 1. The van der Waals surface area contributed by atoms with Crippen LogP contribution in [-0.2, 0) is 4.79 Å². The summed E-state index contributed by atoms with van der Waals surface area (Å²) in [5, 5.41) is 0. The highest BCUT2D eigenvalue weighted by Crippen LogP contribution is 2.30. The van der Waals surface area contributed by atoms with Gasteiger partial charge in [0.15, 0.2) is 0 Å². The van der Waals surface area contributed by atoms with Crippen LogP contribution >= 0.6 is 0 Å². The van der Waals surface area contributed by atoms with Crippen molar-refractivity contribution in [2.45, 2.75) is 58.4 Å². The molecule has 0 aromatic carbocycles. The van der Waals surface area contributed by atoms with Gasteiger partial charge in [-0.3, -0.25) is 9.69 Å². The van der Waals surface area contributed by atoms with Crippen molar-refractivity contribution in [3.05, 3.63) is 0 Å². The summed E-state index contributed by atoms with van der Waals surface area (Å²) < 4.78 is 0. The minimum Gasteiger partial charge on any atom is -0.300 e. The van der Waals surface area contributed by atoms with E-state index in [9.17, 15) is 4.79 Å². The lowest BCUT2D eigenvalue weighted by molar-refractivity contribution is -0.126. The van der Waals surface area contributed by atoms with E-state index in [1.165, 1.54) is 25.8 Å². The topological polar surface area (TPSA) is 20.3 Å². The molecule has 1 aliphatic heterocycles. The monoisotopic (exact) mass is 223 g/mol. The summed E-state index contributed by atoms with van der Waals surface area (Å²) in [4.78, 5) is 14.5. The predicted octanol–water partition coefficient (Wildman–Crippen LogP) is 2.87. The van der Waals surface area contributed by atoms with E-state index in [1.54, 1.807) is 0 Å². The summed E-state index contributed by atoms with van der Waals surface area (Å²) in [5.74, 6) is 1.68. The second-order valence-electron chi connectivity index (χ2n) is 5.70. The summed E-state index contributed by atoms with van der Waals surface area (Å²) in [6.07, 6.45) is 7.02. The van der Waals surface area contributed by atoms with Gasteiger partial charge in [-0.1, -0.05) is 13.3 Å². The summed E-state index contributed by atoms with van der Waals surface area (Å²) in [6, 6.07) is 0.704. The lowest BCUT2D eigenvalue weighted by Gasteiger charge is -2.32. The highest BCUT2D eigenvalue weighted by Gasteiger charge is 2.31. The molecule has 2 heteroatoms. The quantitative estimate of drug-likeness (QED) is 0.733. The number of hydrogen-bond donors (Lipinski definition) is 0. The third-order valence-electron chi connectivity index (χ3n) is 4.59. The Morgan fingerprint density at radius 3 is 2.81 bits per heavy atom. The Hall–Kier alpha value is -0.370. The minimum absolute atomic E-state index is 0.347. The van der Waals surface area contributed by atoms with E-state index in [-0.39, 0.29) is 0 Å². The SMILES string of the molecule is CCC1CCC(=O)C(CN2CCCC2C)C1. The molecule has 1 aliphatic carbocycles. The van der Waals surface area contributed by atoms with Crippen LogP contribution in [0.25, 0.3) is 0 Å². The van der Waals surface area contributed by atoms with Gasteiger partial charge in [0.2, 0.25) is 0 Å². The van der Waals surface area contributed by atoms with E-state index in [0.717, 1.165) is 31.7 Å². The molecule has 0 N–H and O–H groups in total. The fourth-order valence-electron chi connectivity index (χ4n) is 3.30. The van der Waals surface area contributed by atoms with Crippen molar-refractivity contribution in [2.24, 2.45) is 11.8 Å². The normalized spacial score (nSPS) is 36.9. The van der Waals surface area contributed by atoms with Crippen molar-refractivity contribution in [3.8, 4) is 0 Å². The molecule has 0 aromatic rings. The second-order valence-corrected chi connectivity index (χ2v) is 5.70. The van der Waals surface area contributed by atoms with E-state index in [2.05, 4.69) is 18.7 Å². The maximum absolute atomic E-state index is 11.9. The molecular formula is C14H25NO. The van der Waals surface area contributed by atoms with Crippen molar-refractivity contribution in [3.63, 3.8) is 0 Å². The maximum Gasteiger partial charge on any atom is 0.137 e. The molecule has 0 amide bonds. The first-order chi connectivity index (χ1) is 7.70. The molecule has 92 valence electrons. The number of carbonyl (C=O) groups excluding carboxylic acids is 1. The lowest BCUT2D eigenvalue weighted by atomic mass is 9.79. The average Bonchev–Trinajstić information content (AvgIpc) is 2.68. The smallest absolute Gasteiger partial charge is 0.137 e. The van der Waals surface area contributed by atoms with Crippen molar-refractivity contribution in [1.29, 1.82) is 0 Å². The van der Waals surface area contributed by atoms with Gasteiger partial charge >= 0.3 is 0 Å². The number of ketones is 1. The van der Waals surface area contributed by atoms with Gasteiger partial charge in [-0.2, -0.15) is 0 Å². The van der Waals surface area contributed by atoms with Gasteiger partial charge in [0, 0.05) is 24.9 Å². The molecule has 0 aromatic heterocycles. The van der Waals surface area contributed by atoms with E-state index in [4.69, 9.17) is 0 Å². The number of nitrogens with zero attached hydrogens (tertiary/aromatic N) is 1. The van der Waals surface area contributed by atoms with Gasteiger partial charge < -0.3 is 0 Å². The standard InChI is InChI=1S/C14H25NO/c1-3-12-6-7-14(16)13(9-12)10-15-8-4-5-11(15)2/h11-13H,3-10H2,1-2H3. The first-order valence-electron chi connectivity index (χ1n) is 6.97. The highest BCUT2D eigenvalue weighted by atomic mass is 16.1. The zero-order valence-electron chi connectivity index (χ0n) is 10.7. The van der Waals surface area contributed by atoms with Crippen LogP contribution in [-0.4, -0.2) is 29.8 Å². The van der Waals surface area contributed by atoms with Crippen molar-refractivity contribution in [2.75, 3.05) is 13.1 Å². The fraction of sp³-hybridized carbons (Fsp3) is 0.929. The second kappa shape index (κ2) is 5.31. The van der Waals surface area contributed by atoms with E-state index in [1.807, 2.05) is 0 Å². The van der Waals surface area contributed by atoms with Gasteiger partial charge in [0.25, 0.3) is 0 Å². The van der Waals surface area contributed by atoms with Gasteiger partial charge in [-0.05, 0) is 45.1 Å². The largest absolute Gasteiger partial charge is 0.300 e. The molecule has 1 saturated heterocycles. The van der Waals surface area contributed by atoms with Crippen LogP contribution in [0.15, 0.2) is 0 Å². The van der Waals surface area contributed by atoms with Crippen LogP contribution in [0.3, 0.4) is 0 Å². The zero-order chi connectivity index (χ0) is 11.5. The van der Waals surface area contributed by atoms with Gasteiger partial charge in [0.05, 0.1) is 0 Å². The molecule has 0 spiro atoms. The van der Waals surface area contributed by atoms with Crippen LogP contribution in [0, 0.1) is 11.8 Å². The number of likely N-dealkylation sites (tertiary alicyclic amines) is 1. The molecule has 1 saturated carbocycles. The van der Waals surface area contributed by atoms with Crippen LogP contribution in [0.2, 0.25) is 0 Å². The van der Waals surface area contributed by atoms with Crippen LogP contribution < -0.4 is 0 Å². The van der Waals surface area contributed by atoms with Gasteiger partial charge in [0.1, 0.15) is 5.78 Å². The number of carbonyl (C=O) groups is 1. The van der Waals surface area contributed by atoms with Gasteiger partial charge in [-0.15, -0.1) is 0 Å². The third-order valence-corrected chi connectivity index (χ3v) is 4.59. The van der Waals surface area contributed by atoms with Crippen molar-refractivity contribution < 1.29 is 4.79 Å². The molecular weight excluding hydrogens is 198 g/mol. The summed E-state index contributed by atoms with van der Waals surface area (Å²) in [5.41, 5.74) is 0. The fourth-order valence-corrected chi connectivity index (χ4v) is 3.30. The van der Waals surface area contributed by atoms with E-state index < -0.39 is 0 Å². The first kappa shape index (κ1) is 12.1. The summed E-state index contributed by atoms with van der Waals surface area (Å²) >= 11 is 0. The Kier molecular flexibility index (Phi) is 4.01. The Morgan fingerprint density at radius 2 is 2.19 bits per heavy atom. The van der Waals surface area contributed by atoms with Crippen LogP contribution in [0.1, 0.15) is 52.4 Å². The number of hydrogen-bond acceptors (Lipinski definition) is 2. The minimum atomic E-state index is 0.347. The van der Waals surface area contributed by atoms with E-state index >= 15 is 0 Å². The molecule has 2 nitrogen and oxygen atoms in total. The Morgan fingerprint density at radius 1 is 1.38 bits per heavy atom. The molecule has 2 rings (SSSR count). The predicted molar refractivity (Wildman–Crippen MR) is 66.4 cm³/mol. The molecule has 1 heterocycles.